The molecule has 0 saturated heterocycles. The number of hydrogen-bond donors (Lipinski definition) is 2. The molecule has 4 heteroatoms. The molecule has 47 heavy (non-hydrogen) atoms. The number of nitrogens with two attached hydrogens (primary N) is 1. The zero-order valence-electron chi connectivity index (χ0n) is 26.1. The first-order chi connectivity index (χ1) is 23.1. The van der Waals surface area contributed by atoms with Crippen LogP contribution in [0.15, 0.2) is 181 Å². The first-order valence-electron chi connectivity index (χ1n) is 15.7. The van der Waals surface area contributed by atoms with Crippen molar-refractivity contribution in [3.8, 4) is 0 Å². The summed E-state index contributed by atoms with van der Waals surface area (Å²) in [5.41, 5.74) is 19.2. The third-order valence-electron chi connectivity index (χ3n) is 8.63. The number of anilines is 2. The van der Waals surface area contributed by atoms with Crippen molar-refractivity contribution in [1.82, 2.24) is 5.43 Å². The number of fused-ring (bicyclic) bond motifs is 2. The Morgan fingerprint density at radius 2 is 1.68 bits per heavy atom. The summed E-state index contributed by atoms with van der Waals surface area (Å²) in [6.45, 7) is 8.92. The van der Waals surface area contributed by atoms with Gasteiger partial charge < -0.3 is 10.3 Å². The van der Waals surface area contributed by atoms with Crippen LogP contribution in [-0.2, 0) is 0 Å². The second-order valence-corrected chi connectivity index (χ2v) is 12.5. The smallest absolute Gasteiger partial charge is 0.0533 e. The van der Waals surface area contributed by atoms with Crippen LogP contribution in [0.1, 0.15) is 40.2 Å². The number of para-hydroxylation sites is 1. The van der Waals surface area contributed by atoms with Gasteiger partial charge in [0.05, 0.1) is 11.4 Å². The molecule has 3 nitrogen and oxygen atoms in total. The number of hydrazine groups is 1. The predicted molar refractivity (Wildman–Crippen MR) is 201 cm³/mol. The van der Waals surface area contributed by atoms with Crippen LogP contribution in [-0.4, -0.2) is 0 Å². The lowest BCUT2D eigenvalue weighted by Gasteiger charge is -2.27. The molecule has 0 aromatic heterocycles. The molecule has 0 radical (unpaired) electrons. The second kappa shape index (κ2) is 13.5. The summed E-state index contributed by atoms with van der Waals surface area (Å²) in [6, 6.07) is 33.8. The monoisotopic (exact) mass is 625 g/mol. The van der Waals surface area contributed by atoms with Crippen molar-refractivity contribution in [3.63, 3.8) is 0 Å². The number of allylic oxidation sites excluding steroid dienone is 10. The SMILES string of the molecule is C=C1/C=C(c2cccc3c2SC=CCC3=C)\C=C/N(c2cccc(C(/C=C(\NN)c3ccccc3)C3=C=CC=C3)c2)c2ccccc21. The second-order valence-electron chi connectivity index (χ2n) is 11.6. The maximum Gasteiger partial charge on any atom is 0.0533 e. The van der Waals surface area contributed by atoms with Gasteiger partial charge in [0.15, 0.2) is 0 Å². The number of nitrogens with zero attached hydrogens (tertiary/aromatic N) is 1. The molecule has 0 bridgehead atoms. The molecule has 1 aliphatic carbocycles. The minimum absolute atomic E-state index is 0.0754. The van der Waals surface area contributed by atoms with Crippen molar-refractivity contribution in [2.24, 2.45) is 5.84 Å². The fraction of sp³-hybridized carbons (Fsp3) is 0.0465. The Balaban J connectivity index is 1.34. The van der Waals surface area contributed by atoms with Gasteiger partial charge in [0.2, 0.25) is 0 Å². The van der Waals surface area contributed by atoms with E-state index in [4.69, 9.17) is 5.84 Å². The molecule has 2 heterocycles. The Bertz CT molecular complexity index is 2100. The maximum absolute atomic E-state index is 6.08. The summed E-state index contributed by atoms with van der Waals surface area (Å²) in [7, 11) is 0. The van der Waals surface area contributed by atoms with Crippen LogP contribution in [0.4, 0.5) is 11.4 Å². The molecule has 0 saturated carbocycles. The van der Waals surface area contributed by atoms with E-state index in [-0.39, 0.29) is 5.92 Å². The highest BCUT2D eigenvalue weighted by atomic mass is 32.2. The van der Waals surface area contributed by atoms with Crippen molar-refractivity contribution >= 4 is 45.6 Å². The van der Waals surface area contributed by atoms with Gasteiger partial charge in [0, 0.05) is 33.8 Å². The van der Waals surface area contributed by atoms with E-state index in [1.54, 1.807) is 11.8 Å². The van der Waals surface area contributed by atoms with Gasteiger partial charge in [0.25, 0.3) is 0 Å². The molecular formula is C43H35N3S. The standard InChI is InChI=1S/C43H35N3S/c1-30-13-12-26-47-43-38(30)21-11-22-39(43)35-24-25-46(42-23-9-8-20-37(42)31(2)27-35)36-19-10-18-34(28-36)40(32-14-6-7-15-32)29-41(45-44)33-16-4-3-5-17-33/h3-12,14,16-29,40,45H,1-2,13,44H2/b25-24-,35-27+,41-29-. The first-order valence-corrected chi connectivity index (χ1v) is 16.6. The van der Waals surface area contributed by atoms with Crippen LogP contribution < -0.4 is 16.2 Å². The average molecular weight is 626 g/mol. The molecule has 1 unspecified atom stereocenters. The molecule has 4 aromatic carbocycles. The van der Waals surface area contributed by atoms with E-state index in [1.807, 2.05) is 30.4 Å². The lowest BCUT2D eigenvalue weighted by atomic mass is 9.89. The van der Waals surface area contributed by atoms with Crippen LogP contribution >= 0.6 is 11.8 Å². The number of thioether (sulfide) groups is 1. The van der Waals surface area contributed by atoms with Crippen LogP contribution in [0.3, 0.4) is 0 Å². The number of rotatable bonds is 7. The van der Waals surface area contributed by atoms with E-state index in [2.05, 4.69) is 150 Å². The molecule has 7 rings (SSSR count). The quantitative estimate of drug-likeness (QED) is 0.122. The molecule has 4 aromatic rings. The summed E-state index contributed by atoms with van der Waals surface area (Å²) in [5, 5.41) is 2.17. The van der Waals surface area contributed by atoms with E-state index in [0.717, 1.165) is 62.5 Å². The fourth-order valence-corrected chi connectivity index (χ4v) is 7.25. The van der Waals surface area contributed by atoms with Crippen LogP contribution in [0.25, 0.3) is 22.4 Å². The number of benzene rings is 4. The lowest BCUT2D eigenvalue weighted by molar-refractivity contribution is 0.957. The lowest BCUT2D eigenvalue weighted by Crippen LogP contribution is -2.21. The van der Waals surface area contributed by atoms with Crippen molar-refractivity contribution in [2.75, 3.05) is 4.90 Å². The molecular weight excluding hydrogens is 591 g/mol. The minimum Gasteiger partial charge on any atom is -0.324 e. The highest BCUT2D eigenvalue weighted by Gasteiger charge is 2.21. The largest absolute Gasteiger partial charge is 0.324 e. The summed E-state index contributed by atoms with van der Waals surface area (Å²) in [5.74, 6) is 6.00. The first kappa shape index (κ1) is 30.2. The molecule has 1 atom stereocenters. The van der Waals surface area contributed by atoms with Gasteiger partial charge in [-0.2, -0.15) is 0 Å². The van der Waals surface area contributed by atoms with Crippen LogP contribution in [0, 0.1) is 0 Å². The van der Waals surface area contributed by atoms with Gasteiger partial charge in [-0.3, -0.25) is 5.84 Å². The minimum atomic E-state index is -0.0754. The summed E-state index contributed by atoms with van der Waals surface area (Å²) < 4.78 is 0. The third kappa shape index (κ3) is 6.18. The molecule has 0 amide bonds. The normalized spacial score (nSPS) is 17.9. The fourth-order valence-electron chi connectivity index (χ4n) is 6.27. The maximum atomic E-state index is 6.08. The van der Waals surface area contributed by atoms with Gasteiger partial charge >= 0.3 is 0 Å². The third-order valence-corrected chi connectivity index (χ3v) is 9.64. The van der Waals surface area contributed by atoms with Crippen molar-refractivity contribution in [2.45, 2.75) is 17.2 Å². The highest BCUT2D eigenvalue weighted by molar-refractivity contribution is 8.02. The predicted octanol–water partition coefficient (Wildman–Crippen LogP) is 10.7. The van der Waals surface area contributed by atoms with Gasteiger partial charge in [-0.05, 0) is 99.4 Å². The summed E-state index contributed by atoms with van der Waals surface area (Å²) in [6.07, 6.45) is 17.9. The Kier molecular flexibility index (Phi) is 8.64. The van der Waals surface area contributed by atoms with Crippen LogP contribution in [0.5, 0.6) is 0 Å². The van der Waals surface area contributed by atoms with Gasteiger partial charge in [-0.15, -0.1) is 5.73 Å². The van der Waals surface area contributed by atoms with E-state index in [9.17, 15) is 0 Å². The average Bonchev–Trinajstić information content (AvgIpc) is 3.57. The zero-order chi connectivity index (χ0) is 32.2. The molecule has 2 aliphatic heterocycles. The topological polar surface area (TPSA) is 41.3 Å². The van der Waals surface area contributed by atoms with Gasteiger partial charge in [-0.1, -0.05) is 116 Å². The van der Waals surface area contributed by atoms with Crippen molar-refractivity contribution in [3.05, 3.63) is 203 Å². The van der Waals surface area contributed by atoms with Gasteiger partial charge in [0.1, 0.15) is 0 Å². The van der Waals surface area contributed by atoms with E-state index in [1.165, 1.54) is 16.0 Å². The Hall–Kier alpha value is -5.51. The van der Waals surface area contributed by atoms with E-state index < -0.39 is 0 Å². The molecule has 3 aliphatic rings. The molecule has 3 N–H and O–H groups in total. The highest BCUT2D eigenvalue weighted by Crippen LogP contribution is 2.43. The molecule has 0 spiro atoms. The number of nitrogens with one attached hydrogen (secondary N) is 1. The van der Waals surface area contributed by atoms with Crippen LogP contribution in [0.2, 0.25) is 0 Å². The zero-order valence-corrected chi connectivity index (χ0v) is 26.9. The Morgan fingerprint density at radius 1 is 0.894 bits per heavy atom. The molecule has 228 valence electrons. The molecule has 0 fully saturated rings. The Morgan fingerprint density at radius 3 is 2.51 bits per heavy atom. The summed E-state index contributed by atoms with van der Waals surface area (Å²) in [4.78, 5) is 3.49. The van der Waals surface area contributed by atoms with Gasteiger partial charge in [-0.25, -0.2) is 0 Å². The number of hydrogen-bond acceptors (Lipinski definition) is 4. The van der Waals surface area contributed by atoms with E-state index in [0.29, 0.717) is 0 Å². The summed E-state index contributed by atoms with van der Waals surface area (Å²) >= 11 is 1.76. The van der Waals surface area contributed by atoms with Crippen molar-refractivity contribution in [1.29, 1.82) is 0 Å². The van der Waals surface area contributed by atoms with Crippen molar-refractivity contribution < 1.29 is 0 Å². The van der Waals surface area contributed by atoms with E-state index >= 15 is 0 Å². The Labute approximate surface area is 281 Å².